The van der Waals surface area contributed by atoms with Gasteiger partial charge in [0.05, 0.1) is 5.75 Å². The highest BCUT2D eigenvalue weighted by atomic mass is 32.2. The van der Waals surface area contributed by atoms with Crippen molar-refractivity contribution >= 4 is 34.1 Å². The first-order valence-corrected chi connectivity index (χ1v) is 10.4. The molecule has 1 aliphatic carbocycles. The van der Waals surface area contributed by atoms with Crippen LogP contribution >= 0.6 is 23.1 Å². The molecule has 2 N–H and O–H groups in total. The summed E-state index contributed by atoms with van der Waals surface area (Å²) in [5, 5.41) is 15.5. The number of carbonyl (C=O) groups excluding carboxylic acids is 1. The van der Waals surface area contributed by atoms with E-state index in [4.69, 9.17) is 0 Å². The smallest absolute Gasteiger partial charge is 0.230 e. The van der Waals surface area contributed by atoms with Gasteiger partial charge in [0.2, 0.25) is 11.0 Å². The van der Waals surface area contributed by atoms with Crippen LogP contribution in [0, 0.1) is 5.92 Å². The average Bonchev–Trinajstić information content (AvgIpc) is 2.94. The molecule has 1 aliphatic rings. The molecule has 0 unspecified atom stereocenters. The van der Waals surface area contributed by atoms with E-state index in [9.17, 15) is 4.79 Å². The Balaban J connectivity index is 1.69. The van der Waals surface area contributed by atoms with Gasteiger partial charge in [0.25, 0.3) is 0 Å². The van der Waals surface area contributed by atoms with Crippen molar-refractivity contribution in [1.82, 2.24) is 15.5 Å². The summed E-state index contributed by atoms with van der Waals surface area (Å²) >= 11 is 2.99. The van der Waals surface area contributed by atoms with Crippen LogP contribution in [0.15, 0.2) is 4.34 Å². The molecule has 0 saturated heterocycles. The quantitative estimate of drug-likeness (QED) is 0.725. The van der Waals surface area contributed by atoms with Crippen molar-refractivity contribution < 1.29 is 4.79 Å². The van der Waals surface area contributed by atoms with Crippen molar-refractivity contribution in [2.75, 3.05) is 17.6 Å². The number of amides is 1. The van der Waals surface area contributed by atoms with E-state index in [2.05, 4.69) is 34.7 Å². The number of thioether (sulfide) groups is 1. The molecule has 1 aromatic heterocycles. The fourth-order valence-electron chi connectivity index (χ4n) is 2.63. The number of nitrogens with zero attached hydrogens (tertiary/aromatic N) is 2. The Morgan fingerprint density at radius 1 is 1.22 bits per heavy atom. The molecule has 0 aliphatic heterocycles. The number of nitrogens with one attached hydrogen (secondary N) is 2. The Morgan fingerprint density at radius 2 is 1.91 bits per heavy atom. The van der Waals surface area contributed by atoms with Crippen LogP contribution in [0.5, 0.6) is 0 Å². The molecule has 1 fully saturated rings. The van der Waals surface area contributed by atoms with Gasteiger partial charge in [-0.05, 0) is 18.8 Å². The molecule has 23 heavy (non-hydrogen) atoms. The number of hydrogen-bond acceptors (Lipinski definition) is 6. The molecule has 2 rings (SSSR count). The van der Waals surface area contributed by atoms with E-state index >= 15 is 0 Å². The maximum atomic E-state index is 12.1. The lowest BCUT2D eigenvalue weighted by Crippen LogP contribution is -2.36. The van der Waals surface area contributed by atoms with Crippen LogP contribution in [0.25, 0.3) is 0 Å². The normalized spacial score (nSPS) is 16.8. The molecule has 1 aromatic rings. The van der Waals surface area contributed by atoms with E-state index in [0.29, 0.717) is 17.7 Å². The monoisotopic (exact) mass is 356 g/mol. The van der Waals surface area contributed by atoms with Crippen molar-refractivity contribution in [1.29, 1.82) is 0 Å². The zero-order valence-electron chi connectivity index (χ0n) is 14.1. The van der Waals surface area contributed by atoms with Gasteiger partial charge in [-0.2, -0.15) is 0 Å². The second-order valence-electron chi connectivity index (χ2n) is 6.55. The van der Waals surface area contributed by atoms with E-state index in [1.807, 2.05) is 0 Å². The summed E-state index contributed by atoms with van der Waals surface area (Å²) in [6.45, 7) is 5.20. The van der Waals surface area contributed by atoms with Crippen molar-refractivity contribution in [3.8, 4) is 0 Å². The Bertz CT molecular complexity index is 470. The largest absolute Gasteiger partial charge is 0.360 e. The highest BCUT2D eigenvalue weighted by Gasteiger charge is 2.15. The Morgan fingerprint density at radius 3 is 2.61 bits per heavy atom. The molecule has 0 spiro atoms. The van der Waals surface area contributed by atoms with Crippen molar-refractivity contribution in [3.05, 3.63) is 0 Å². The van der Waals surface area contributed by atoms with Gasteiger partial charge in [-0.15, -0.1) is 10.2 Å². The van der Waals surface area contributed by atoms with Crippen LogP contribution < -0.4 is 10.6 Å². The first-order chi connectivity index (χ1) is 11.1. The average molecular weight is 357 g/mol. The molecule has 0 aromatic carbocycles. The third-order valence-electron chi connectivity index (χ3n) is 3.87. The van der Waals surface area contributed by atoms with Gasteiger partial charge >= 0.3 is 0 Å². The van der Waals surface area contributed by atoms with Crippen LogP contribution in [0.2, 0.25) is 0 Å². The summed E-state index contributed by atoms with van der Waals surface area (Å²) in [5.74, 6) is 1.12. The zero-order valence-corrected chi connectivity index (χ0v) is 15.8. The van der Waals surface area contributed by atoms with Crippen molar-refractivity contribution in [2.24, 2.45) is 5.92 Å². The highest BCUT2D eigenvalue weighted by molar-refractivity contribution is 8.01. The number of aromatic nitrogens is 2. The minimum Gasteiger partial charge on any atom is -0.360 e. The summed E-state index contributed by atoms with van der Waals surface area (Å²) in [6, 6.07) is 0.362. The standard InChI is InChI=1S/C16H28N4OS2/c1-12(2)10-17-15-19-20-16(23-15)22-11-14(21)18-13-8-6-4-3-5-7-9-13/h12-13H,3-11H2,1-2H3,(H,17,19)(H,18,21). The second-order valence-corrected chi connectivity index (χ2v) is 8.75. The number of carbonyl (C=O) groups is 1. The molecule has 130 valence electrons. The topological polar surface area (TPSA) is 66.9 Å². The lowest BCUT2D eigenvalue weighted by molar-refractivity contribution is -0.119. The number of anilines is 1. The van der Waals surface area contributed by atoms with Crippen molar-refractivity contribution in [2.45, 2.75) is 69.2 Å². The summed E-state index contributed by atoms with van der Waals surface area (Å²) in [5.41, 5.74) is 0. The van der Waals surface area contributed by atoms with Gasteiger partial charge < -0.3 is 10.6 Å². The zero-order chi connectivity index (χ0) is 16.5. The van der Waals surface area contributed by atoms with E-state index in [-0.39, 0.29) is 5.91 Å². The molecule has 1 saturated carbocycles. The van der Waals surface area contributed by atoms with Crippen molar-refractivity contribution in [3.63, 3.8) is 0 Å². The van der Waals surface area contributed by atoms with E-state index in [1.165, 1.54) is 55.2 Å². The van der Waals surface area contributed by atoms with Gasteiger partial charge in [0.15, 0.2) is 4.34 Å². The van der Waals surface area contributed by atoms with Gasteiger partial charge in [-0.25, -0.2) is 0 Å². The molecule has 0 atom stereocenters. The molecular formula is C16H28N4OS2. The Labute approximate surface area is 147 Å². The molecule has 0 bridgehead atoms. The highest BCUT2D eigenvalue weighted by Crippen LogP contribution is 2.25. The van der Waals surface area contributed by atoms with E-state index in [0.717, 1.165) is 28.9 Å². The van der Waals surface area contributed by atoms with Crippen LogP contribution in [0.3, 0.4) is 0 Å². The molecule has 1 amide bonds. The minimum absolute atomic E-state index is 0.118. The Hall–Kier alpha value is -0.820. The van der Waals surface area contributed by atoms with Crippen LogP contribution in [-0.2, 0) is 4.79 Å². The Kier molecular flexibility index (Phi) is 8.16. The van der Waals surface area contributed by atoms with Gasteiger partial charge in [0.1, 0.15) is 0 Å². The van der Waals surface area contributed by atoms with Gasteiger partial charge in [-0.3, -0.25) is 4.79 Å². The van der Waals surface area contributed by atoms with Crippen LogP contribution in [-0.4, -0.2) is 34.4 Å². The SMILES string of the molecule is CC(C)CNc1nnc(SCC(=O)NC2CCCCCCC2)s1. The molecule has 0 radical (unpaired) electrons. The fraction of sp³-hybridized carbons (Fsp3) is 0.812. The predicted molar refractivity (Wildman–Crippen MR) is 98.2 cm³/mol. The van der Waals surface area contributed by atoms with E-state index in [1.54, 1.807) is 0 Å². The molecule has 5 nitrogen and oxygen atoms in total. The maximum absolute atomic E-state index is 12.1. The lowest BCUT2D eigenvalue weighted by Gasteiger charge is -2.20. The fourth-order valence-corrected chi connectivity index (χ4v) is 4.20. The van der Waals surface area contributed by atoms with Crippen LogP contribution in [0.1, 0.15) is 58.8 Å². The first-order valence-electron chi connectivity index (χ1n) is 8.63. The van der Waals surface area contributed by atoms with E-state index < -0.39 is 0 Å². The molecular weight excluding hydrogens is 328 g/mol. The van der Waals surface area contributed by atoms with Gasteiger partial charge in [0, 0.05) is 12.6 Å². The third-order valence-corrected chi connectivity index (χ3v) is 5.88. The molecule has 7 heteroatoms. The predicted octanol–water partition coefficient (Wildman–Crippen LogP) is 3.93. The molecule has 1 heterocycles. The number of rotatable bonds is 7. The van der Waals surface area contributed by atoms with Gasteiger partial charge in [-0.1, -0.05) is 69.1 Å². The lowest BCUT2D eigenvalue weighted by atomic mass is 9.97. The number of hydrogen-bond donors (Lipinski definition) is 2. The second kappa shape index (κ2) is 10.1. The third kappa shape index (κ3) is 7.52. The first kappa shape index (κ1) is 18.5. The summed E-state index contributed by atoms with van der Waals surface area (Å²) in [4.78, 5) is 12.1. The van der Waals surface area contributed by atoms with Crippen LogP contribution in [0.4, 0.5) is 5.13 Å². The maximum Gasteiger partial charge on any atom is 0.230 e. The summed E-state index contributed by atoms with van der Waals surface area (Å²) in [6.07, 6.45) is 8.67. The summed E-state index contributed by atoms with van der Waals surface area (Å²) < 4.78 is 0.851. The minimum atomic E-state index is 0.118. The summed E-state index contributed by atoms with van der Waals surface area (Å²) in [7, 11) is 0.